The molecule has 0 spiro atoms. The van der Waals surface area contributed by atoms with Gasteiger partial charge in [-0.1, -0.05) is 54.6 Å². The van der Waals surface area contributed by atoms with Gasteiger partial charge in [-0.15, -0.1) is 0 Å². The first-order valence-corrected chi connectivity index (χ1v) is 9.16. The van der Waals surface area contributed by atoms with Gasteiger partial charge in [0.25, 0.3) is 0 Å². The number of hydrogen-bond acceptors (Lipinski definition) is 2. The van der Waals surface area contributed by atoms with Crippen LogP contribution in [0.25, 0.3) is 0 Å². The zero-order chi connectivity index (χ0) is 18.8. The van der Waals surface area contributed by atoms with Crippen LogP contribution in [0.3, 0.4) is 0 Å². The zero-order valence-corrected chi connectivity index (χ0v) is 16.4. The van der Waals surface area contributed by atoms with Crippen molar-refractivity contribution in [2.75, 3.05) is 13.6 Å². The van der Waals surface area contributed by atoms with Crippen LogP contribution in [-0.4, -0.2) is 25.2 Å². The van der Waals surface area contributed by atoms with Crippen molar-refractivity contribution in [2.24, 2.45) is 4.99 Å². The summed E-state index contributed by atoms with van der Waals surface area (Å²) in [6.07, 6.45) is 0.973. The van der Waals surface area contributed by atoms with E-state index in [4.69, 9.17) is 4.74 Å². The Morgan fingerprint density at radius 1 is 0.923 bits per heavy atom. The summed E-state index contributed by atoms with van der Waals surface area (Å²) in [4.78, 5) is 4.30. The van der Waals surface area contributed by atoms with Crippen LogP contribution in [0.5, 0.6) is 0 Å². The first kappa shape index (κ1) is 20.0. The highest BCUT2D eigenvalue weighted by molar-refractivity contribution is 5.79. The van der Waals surface area contributed by atoms with Crippen LogP contribution in [0.4, 0.5) is 0 Å². The van der Waals surface area contributed by atoms with Gasteiger partial charge in [-0.2, -0.15) is 0 Å². The average Bonchev–Trinajstić information content (AvgIpc) is 2.63. The summed E-state index contributed by atoms with van der Waals surface area (Å²) in [5, 5.41) is 6.73. The molecule has 0 radical (unpaired) electrons. The summed E-state index contributed by atoms with van der Waals surface area (Å²) in [6.45, 7) is 8.43. The van der Waals surface area contributed by atoms with Gasteiger partial charge >= 0.3 is 0 Å². The fourth-order valence-electron chi connectivity index (χ4n) is 2.51. The molecular weight excluding hydrogens is 322 g/mol. The van der Waals surface area contributed by atoms with Crippen LogP contribution in [0.1, 0.15) is 37.5 Å². The van der Waals surface area contributed by atoms with Gasteiger partial charge in [0.15, 0.2) is 5.96 Å². The van der Waals surface area contributed by atoms with Crippen molar-refractivity contribution >= 4 is 5.96 Å². The van der Waals surface area contributed by atoms with E-state index in [-0.39, 0.29) is 5.60 Å². The monoisotopic (exact) mass is 353 g/mol. The Hall–Kier alpha value is -2.33. The molecule has 2 aromatic carbocycles. The van der Waals surface area contributed by atoms with Gasteiger partial charge in [0, 0.05) is 20.1 Å². The largest absolute Gasteiger partial charge is 0.371 e. The van der Waals surface area contributed by atoms with E-state index >= 15 is 0 Å². The van der Waals surface area contributed by atoms with E-state index < -0.39 is 0 Å². The third-order valence-corrected chi connectivity index (χ3v) is 3.90. The van der Waals surface area contributed by atoms with E-state index in [0.29, 0.717) is 6.61 Å². The standard InChI is InChI=1S/C22H31N3O/c1-22(2,3)26-17-20-12-8-11-19(15-20)16-25-21(23-4)24-14-13-18-9-6-5-7-10-18/h5-12,15H,13-14,16-17H2,1-4H3,(H2,23,24,25). The topological polar surface area (TPSA) is 45.7 Å². The molecule has 2 aromatic rings. The second-order valence-corrected chi connectivity index (χ2v) is 7.31. The average molecular weight is 354 g/mol. The number of rotatable bonds is 7. The van der Waals surface area contributed by atoms with Crippen LogP contribution >= 0.6 is 0 Å². The smallest absolute Gasteiger partial charge is 0.191 e. The Morgan fingerprint density at radius 3 is 2.31 bits per heavy atom. The second kappa shape index (κ2) is 9.97. The highest BCUT2D eigenvalue weighted by atomic mass is 16.5. The summed E-state index contributed by atoms with van der Waals surface area (Å²) in [5.74, 6) is 0.817. The van der Waals surface area contributed by atoms with Crippen LogP contribution in [0, 0.1) is 0 Å². The van der Waals surface area contributed by atoms with Crippen molar-refractivity contribution in [3.63, 3.8) is 0 Å². The lowest BCUT2D eigenvalue weighted by Gasteiger charge is -2.19. The molecule has 0 unspecified atom stereocenters. The molecule has 0 amide bonds. The predicted octanol–water partition coefficient (Wildman–Crippen LogP) is 3.91. The van der Waals surface area contributed by atoms with E-state index in [1.807, 2.05) is 6.07 Å². The minimum Gasteiger partial charge on any atom is -0.371 e. The maximum absolute atomic E-state index is 5.86. The summed E-state index contributed by atoms with van der Waals surface area (Å²) >= 11 is 0. The van der Waals surface area contributed by atoms with E-state index in [2.05, 4.69) is 84.9 Å². The molecule has 0 fully saturated rings. The number of ether oxygens (including phenoxy) is 1. The molecule has 26 heavy (non-hydrogen) atoms. The van der Waals surface area contributed by atoms with Crippen molar-refractivity contribution in [1.82, 2.24) is 10.6 Å². The van der Waals surface area contributed by atoms with Crippen LogP contribution < -0.4 is 10.6 Å². The molecule has 0 heterocycles. The third-order valence-electron chi connectivity index (χ3n) is 3.90. The van der Waals surface area contributed by atoms with Gasteiger partial charge in [0.1, 0.15) is 0 Å². The maximum atomic E-state index is 5.86. The Balaban J connectivity index is 1.78. The molecule has 0 saturated heterocycles. The Morgan fingerprint density at radius 2 is 1.62 bits per heavy atom. The predicted molar refractivity (Wildman–Crippen MR) is 109 cm³/mol. The summed E-state index contributed by atoms with van der Waals surface area (Å²) in [6, 6.07) is 18.9. The first-order chi connectivity index (χ1) is 12.5. The molecule has 0 saturated carbocycles. The Bertz CT molecular complexity index is 690. The number of nitrogens with zero attached hydrogens (tertiary/aromatic N) is 1. The Labute approximate surface area is 157 Å². The van der Waals surface area contributed by atoms with Crippen LogP contribution in [0.15, 0.2) is 59.6 Å². The Kier molecular flexibility index (Phi) is 7.67. The van der Waals surface area contributed by atoms with Gasteiger partial charge in [-0.3, -0.25) is 4.99 Å². The molecule has 140 valence electrons. The van der Waals surface area contributed by atoms with Gasteiger partial charge in [0.2, 0.25) is 0 Å². The molecule has 0 bridgehead atoms. The second-order valence-electron chi connectivity index (χ2n) is 7.31. The van der Waals surface area contributed by atoms with E-state index in [0.717, 1.165) is 25.5 Å². The number of aliphatic imine (C=N–C) groups is 1. The molecule has 2 rings (SSSR count). The molecule has 0 atom stereocenters. The summed E-state index contributed by atoms with van der Waals surface area (Å²) in [7, 11) is 1.80. The lowest BCUT2D eigenvalue weighted by atomic mass is 10.1. The molecule has 2 N–H and O–H groups in total. The van der Waals surface area contributed by atoms with Gasteiger partial charge in [-0.25, -0.2) is 0 Å². The van der Waals surface area contributed by atoms with Crippen LogP contribution in [-0.2, 0) is 24.3 Å². The quantitative estimate of drug-likeness (QED) is 0.586. The number of hydrogen-bond donors (Lipinski definition) is 2. The van der Waals surface area contributed by atoms with E-state index in [1.165, 1.54) is 16.7 Å². The van der Waals surface area contributed by atoms with Gasteiger partial charge in [-0.05, 0) is 43.9 Å². The van der Waals surface area contributed by atoms with Crippen molar-refractivity contribution in [3.05, 3.63) is 71.3 Å². The highest BCUT2D eigenvalue weighted by Crippen LogP contribution is 2.13. The highest BCUT2D eigenvalue weighted by Gasteiger charge is 2.10. The van der Waals surface area contributed by atoms with Crippen molar-refractivity contribution in [2.45, 2.75) is 45.9 Å². The SMILES string of the molecule is CN=C(NCCc1ccccc1)NCc1cccc(COC(C)(C)C)c1. The molecule has 0 aliphatic heterocycles. The molecule has 0 aromatic heterocycles. The molecule has 0 aliphatic carbocycles. The molecule has 4 nitrogen and oxygen atoms in total. The molecular formula is C22H31N3O. The number of benzene rings is 2. The lowest BCUT2D eigenvalue weighted by Crippen LogP contribution is -2.37. The zero-order valence-electron chi connectivity index (χ0n) is 16.4. The number of nitrogens with one attached hydrogen (secondary N) is 2. The van der Waals surface area contributed by atoms with Crippen molar-refractivity contribution in [3.8, 4) is 0 Å². The van der Waals surface area contributed by atoms with E-state index in [1.54, 1.807) is 7.05 Å². The molecule has 4 heteroatoms. The number of guanidine groups is 1. The molecule has 0 aliphatic rings. The summed E-state index contributed by atoms with van der Waals surface area (Å²) < 4.78 is 5.86. The lowest BCUT2D eigenvalue weighted by molar-refractivity contribution is -0.0149. The van der Waals surface area contributed by atoms with E-state index in [9.17, 15) is 0 Å². The van der Waals surface area contributed by atoms with Gasteiger partial charge < -0.3 is 15.4 Å². The van der Waals surface area contributed by atoms with Crippen molar-refractivity contribution < 1.29 is 4.74 Å². The maximum Gasteiger partial charge on any atom is 0.191 e. The van der Waals surface area contributed by atoms with Crippen LogP contribution in [0.2, 0.25) is 0 Å². The fraction of sp³-hybridized carbons (Fsp3) is 0.409. The fourth-order valence-corrected chi connectivity index (χ4v) is 2.51. The van der Waals surface area contributed by atoms with Crippen molar-refractivity contribution in [1.29, 1.82) is 0 Å². The third kappa shape index (κ3) is 7.70. The summed E-state index contributed by atoms with van der Waals surface area (Å²) in [5.41, 5.74) is 3.60. The normalized spacial score (nSPS) is 12.1. The minimum atomic E-state index is -0.126. The first-order valence-electron chi connectivity index (χ1n) is 9.16. The minimum absolute atomic E-state index is 0.126. The van der Waals surface area contributed by atoms with Gasteiger partial charge in [0.05, 0.1) is 12.2 Å².